The largest absolute Gasteiger partial charge is 0.356 e. The van der Waals surface area contributed by atoms with E-state index < -0.39 is 0 Å². The third-order valence-electron chi connectivity index (χ3n) is 1.84. The molecule has 5 nitrogen and oxygen atoms in total. The van der Waals surface area contributed by atoms with Crippen molar-refractivity contribution < 1.29 is 4.79 Å². The van der Waals surface area contributed by atoms with E-state index >= 15 is 0 Å². The van der Waals surface area contributed by atoms with Crippen LogP contribution in [0.15, 0.2) is 12.3 Å². The lowest BCUT2D eigenvalue weighted by Crippen LogP contribution is -2.27. The van der Waals surface area contributed by atoms with Gasteiger partial charge in [-0.2, -0.15) is 5.10 Å². The van der Waals surface area contributed by atoms with Gasteiger partial charge in [-0.05, 0) is 6.07 Å². The number of aryl methyl sites for hydroxylation is 1. The van der Waals surface area contributed by atoms with Gasteiger partial charge < -0.3 is 11.1 Å². The molecule has 78 valence electrons. The zero-order valence-corrected chi connectivity index (χ0v) is 8.36. The number of hydrogen-bond acceptors (Lipinski definition) is 3. The maximum absolute atomic E-state index is 11.0. The summed E-state index contributed by atoms with van der Waals surface area (Å²) in [5.41, 5.74) is 6.23. The highest BCUT2D eigenvalue weighted by atomic mass is 16.1. The average Bonchev–Trinajstić information content (AvgIpc) is 2.52. The van der Waals surface area contributed by atoms with Crippen molar-refractivity contribution in [1.29, 1.82) is 0 Å². The van der Waals surface area contributed by atoms with Gasteiger partial charge in [0.1, 0.15) is 0 Å². The Morgan fingerprint density at radius 3 is 3.07 bits per heavy atom. The third-order valence-corrected chi connectivity index (χ3v) is 1.84. The van der Waals surface area contributed by atoms with E-state index in [0.717, 1.165) is 12.1 Å². The molecule has 1 rings (SSSR count). The summed E-state index contributed by atoms with van der Waals surface area (Å²) in [7, 11) is 1.87. The molecule has 14 heavy (non-hydrogen) atoms. The van der Waals surface area contributed by atoms with E-state index in [9.17, 15) is 4.79 Å². The maximum atomic E-state index is 11.0. The van der Waals surface area contributed by atoms with E-state index in [0.29, 0.717) is 19.5 Å². The molecule has 0 fully saturated rings. The van der Waals surface area contributed by atoms with E-state index in [-0.39, 0.29) is 5.91 Å². The summed E-state index contributed by atoms with van der Waals surface area (Å²) in [6.45, 7) is 1.02. The Labute approximate surface area is 83.3 Å². The summed E-state index contributed by atoms with van der Waals surface area (Å²) in [6.07, 6.45) is 3.04. The predicted molar refractivity (Wildman–Crippen MR) is 53.6 cm³/mol. The lowest BCUT2D eigenvalue weighted by molar-refractivity contribution is -0.120. The molecule has 0 saturated heterocycles. The molecule has 0 radical (unpaired) electrons. The SMILES string of the molecule is Cn1ccc(CCNC(=O)CCN)n1. The van der Waals surface area contributed by atoms with Gasteiger partial charge in [-0.1, -0.05) is 0 Å². The van der Waals surface area contributed by atoms with Crippen molar-refractivity contribution >= 4 is 5.91 Å². The van der Waals surface area contributed by atoms with Crippen LogP contribution in [0.1, 0.15) is 12.1 Å². The van der Waals surface area contributed by atoms with Crippen molar-refractivity contribution in [2.24, 2.45) is 12.8 Å². The van der Waals surface area contributed by atoms with Gasteiger partial charge in [-0.25, -0.2) is 0 Å². The summed E-state index contributed by atoms with van der Waals surface area (Å²) < 4.78 is 1.75. The van der Waals surface area contributed by atoms with Gasteiger partial charge in [-0.15, -0.1) is 0 Å². The van der Waals surface area contributed by atoms with Crippen molar-refractivity contribution in [1.82, 2.24) is 15.1 Å². The van der Waals surface area contributed by atoms with E-state index in [1.807, 2.05) is 19.3 Å². The molecule has 1 aromatic rings. The summed E-state index contributed by atoms with van der Waals surface area (Å²) >= 11 is 0. The van der Waals surface area contributed by atoms with Crippen LogP contribution in [0.5, 0.6) is 0 Å². The van der Waals surface area contributed by atoms with Crippen molar-refractivity contribution in [3.63, 3.8) is 0 Å². The average molecular weight is 196 g/mol. The Bertz CT molecular complexity index is 295. The van der Waals surface area contributed by atoms with Crippen molar-refractivity contribution in [2.45, 2.75) is 12.8 Å². The summed E-state index contributed by atoms with van der Waals surface area (Å²) in [4.78, 5) is 11.0. The van der Waals surface area contributed by atoms with Gasteiger partial charge in [0, 0.05) is 39.2 Å². The first-order valence-electron chi connectivity index (χ1n) is 4.67. The Kier molecular flexibility index (Phi) is 4.12. The number of aromatic nitrogens is 2. The molecule has 0 bridgehead atoms. The molecule has 5 heteroatoms. The fourth-order valence-electron chi connectivity index (χ4n) is 1.15. The molecule has 1 aromatic heterocycles. The standard InChI is InChI=1S/C9H16N4O/c1-13-7-4-8(12-13)3-6-11-9(14)2-5-10/h4,7H,2-3,5-6,10H2,1H3,(H,11,14). The van der Waals surface area contributed by atoms with E-state index in [1.54, 1.807) is 4.68 Å². The minimum atomic E-state index is 0.00318. The molecule has 3 N–H and O–H groups in total. The first-order chi connectivity index (χ1) is 6.72. The normalized spacial score (nSPS) is 10.1. The number of carbonyl (C=O) groups excluding carboxylic acids is 1. The van der Waals surface area contributed by atoms with Gasteiger partial charge in [0.15, 0.2) is 0 Å². The highest BCUT2D eigenvalue weighted by molar-refractivity contribution is 5.75. The second kappa shape index (κ2) is 5.39. The molecular formula is C9H16N4O. The van der Waals surface area contributed by atoms with Gasteiger partial charge >= 0.3 is 0 Å². The van der Waals surface area contributed by atoms with Crippen LogP contribution < -0.4 is 11.1 Å². The number of hydrogen-bond donors (Lipinski definition) is 2. The van der Waals surface area contributed by atoms with Crippen molar-refractivity contribution in [2.75, 3.05) is 13.1 Å². The molecule has 1 heterocycles. The van der Waals surface area contributed by atoms with Crippen LogP contribution in [0.4, 0.5) is 0 Å². The minimum Gasteiger partial charge on any atom is -0.356 e. The quantitative estimate of drug-likeness (QED) is 0.662. The van der Waals surface area contributed by atoms with Gasteiger partial charge in [-0.3, -0.25) is 9.48 Å². The highest BCUT2D eigenvalue weighted by Gasteiger charge is 2.00. The number of nitrogens with one attached hydrogen (secondary N) is 1. The zero-order chi connectivity index (χ0) is 10.4. The Balaban J connectivity index is 2.18. The summed E-state index contributed by atoms with van der Waals surface area (Å²) in [5.74, 6) is 0.00318. The Morgan fingerprint density at radius 2 is 2.50 bits per heavy atom. The number of nitrogens with two attached hydrogens (primary N) is 1. The number of rotatable bonds is 5. The molecule has 0 aliphatic heterocycles. The highest BCUT2D eigenvalue weighted by Crippen LogP contribution is 1.93. The Hall–Kier alpha value is -1.36. The fraction of sp³-hybridized carbons (Fsp3) is 0.556. The molecule has 0 spiro atoms. The van der Waals surface area contributed by atoms with Gasteiger partial charge in [0.2, 0.25) is 5.91 Å². The first-order valence-corrected chi connectivity index (χ1v) is 4.67. The van der Waals surface area contributed by atoms with Gasteiger partial charge in [0.25, 0.3) is 0 Å². The predicted octanol–water partition coefficient (Wildman–Crippen LogP) is -0.572. The first kappa shape index (κ1) is 10.7. The lowest BCUT2D eigenvalue weighted by Gasteiger charge is -2.01. The van der Waals surface area contributed by atoms with E-state index in [2.05, 4.69) is 10.4 Å². The van der Waals surface area contributed by atoms with Crippen LogP contribution >= 0.6 is 0 Å². The van der Waals surface area contributed by atoms with Crippen molar-refractivity contribution in [3.8, 4) is 0 Å². The molecule has 0 unspecified atom stereocenters. The minimum absolute atomic E-state index is 0.00318. The maximum Gasteiger partial charge on any atom is 0.221 e. The second-order valence-electron chi connectivity index (χ2n) is 3.12. The van der Waals surface area contributed by atoms with Crippen molar-refractivity contribution in [3.05, 3.63) is 18.0 Å². The second-order valence-corrected chi connectivity index (χ2v) is 3.12. The number of nitrogens with zero attached hydrogens (tertiary/aromatic N) is 2. The molecule has 0 aliphatic carbocycles. The van der Waals surface area contributed by atoms with Crippen LogP contribution in [0.3, 0.4) is 0 Å². The monoisotopic (exact) mass is 196 g/mol. The molecule has 0 saturated carbocycles. The van der Waals surface area contributed by atoms with E-state index in [4.69, 9.17) is 5.73 Å². The number of amides is 1. The fourth-order valence-corrected chi connectivity index (χ4v) is 1.15. The van der Waals surface area contributed by atoms with E-state index in [1.165, 1.54) is 0 Å². The molecule has 0 atom stereocenters. The topological polar surface area (TPSA) is 72.9 Å². The molecule has 1 amide bonds. The smallest absolute Gasteiger partial charge is 0.221 e. The molecule has 0 aromatic carbocycles. The lowest BCUT2D eigenvalue weighted by atomic mass is 10.3. The van der Waals surface area contributed by atoms with Gasteiger partial charge in [0.05, 0.1) is 5.69 Å². The zero-order valence-electron chi connectivity index (χ0n) is 8.36. The Morgan fingerprint density at radius 1 is 1.71 bits per heavy atom. The van der Waals surface area contributed by atoms with Crippen LogP contribution in [0.2, 0.25) is 0 Å². The molecular weight excluding hydrogens is 180 g/mol. The number of carbonyl (C=O) groups is 1. The third kappa shape index (κ3) is 3.57. The summed E-state index contributed by atoms with van der Waals surface area (Å²) in [5, 5.41) is 6.97. The molecule has 0 aliphatic rings. The van der Waals surface area contributed by atoms with Crippen LogP contribution in [0.25, 0.3) is 0 Å². The van der Waals surface area contributed by atoms with Crippen LogP contribution in [-0.4, -0.2) is 28.8 Å². The van der Waals surface area contributed by atoms with Crippen LogP contribution in [-0.2, 0) is 18.3 Å². The van der Waals surface area contributed by atoms with Crippen LogP contribution in [0, 0.1) is 0 Å². The summed E-state index contributed by atoms with van der Waals surface area (Å²) in [6, 6.07) is 1.94.